The van der Waals surface area contributed by atoms with Gasteiger partial charge in [-0.15, -0.1) is 5.10 Å². The van der Waals surface area contributed by atoms with Crippen molar-refractivity contribution in [3.8, 4) is 17.2 Å². The molecule has 0 bridgehead atoms. The molecular formula is C16H12FN3O3. The van der Waals surface area contributed by atoms with Gasteiger partial charge in [-0.05, 0) is 42.5 Å². The van der Waals surface area contributed by atoms with E-state index < -0.39 is 5.91 Å². The lowest BCUT2D eigenvalue weighted by Crippen LogP contribution is -2.12. The van der Waals surface area contributed by atoms with Crippen LogP contribution < -0.4 is 10.1 Å². The van der Waals surface area contributed by atoms with Crippen molar-refractivity contribution in [1.29, 1.82) is 0 Å². The van der Waals surface area contributed by atoms with Crippen LogP contribution in [0.25, 0.3) is 11.5 Å². The van der Waals surface area contributed by atoms with E-state index in [9.17, 15) is 9.18 Å². The van der Waals surface area contributed by atoms with Gasteiger partial charge in [-0.3, -0.25) is 10.1 Å². The molecule has 3 aromatic rings. The van der Waals surface area contributed by atoms with E-state index in [0.717, 1.165) is 0 Å². The smallest absolute Gasteiger partial charge is 0.322 e. The van der Waals surface area contributed by atoms with Crippen molar-refractivity contribution in [3.05, 3.63) is 59.9 Å². The van der Waals surface area contributed by atoms with Crippen LogP contribution in [0.3, 0.4) is 0 Å². The predicted molar refractivity (Wildman–Crippen MR) is 80.6 cm³/mol. The summed E-state index contributed by atoms with van der Waals surface area (Å²) >= 11 is 0. The fraction of sp³-hybridized carbons (Fsp3) is 0.0625. The number of aromatic nitrogens is 2. The lowest BCUT2D eigenvalue weighted by molar-refractivity contribution is 0.102. The van der Waals surface area contributed by atoms with E-state index >= 15 is 0 Å². The van der Waals surface area contributed by atoms with Gasteiger partial charge in [-0.25, -0.2) is 4.39 Å². The molecule has 116 valence electrons. The zero-order valence-electron chi connectivity index (χ0n) is 12.1. The summed E-state index contributed by atoms with van der Waals surface area (Å²) in [5, 5.41) is 10.1. The van der Waals surface area contributed by atoms with Crippen LogP contribution in [0.5, 0.6) is 5.75 Å². The minimum absolute atomic E-state index is 0.0443. The Balaban J connectivity index is 1.75. The Morgan fingerprint density at radius 2 is 1.96 bits per heavy atom. The van der Waals surface area contributed by atoms with Gasteiger partial charge in [0.2, 0.25) is 5.89 Å². The monoisotopic (exact) mass is 313 g/mol. The normalized spacial score (nSPS) is 10.3. The Morgan fingerprint density at radius 1 is 1.17 bits per heavy atom. The molecule has 1 heterocycles. The third kappa shape index (κ3) is 3.34. The molecule has 0 aliphatic rings. The fourth-order valence-corrected chi connectivity index (χ4v) is 1.92. The third-order valence-corrected chi connectivity index (χ3v) is 3.07. The van der Waals surface area contributed by atoms with Crippen molar-refractivity contribution in [2.24, 2.45) is 0 Å². The highest BCUT2D eigenvalue weighted by atomic mass is 19.1. The Bertz CT molecular complexity index is 831. The summed E-state index contributed by atoms with van der Waals surface area (Å²) in [7, 11) is 1.52. The highest BCUT2D eigenvalue weighted by Gasteiger charge is 2.13. The van der Waals surface area contributed by atoms with Gasteiger partial charge in [-0.2, -0.15) is 0 Å². The average molecular weight is 313 g/mol. The second-order valence-electron chi connectivity index (χ2n) is 4.61. The number of hydrogen-bond acceptors (Lipinski definition) is 5. The standard InChI is InChI=1S/C16H12FN3O3/c1-22-13-4-2-3-11(9-13)14(21)18-16-20-19-15(23-16)10-5-7-12(17)8-6-10/h2-9H,1H3,(H,18,20,21). The van der Waals surface area contributed by atoms with Gasteiger partial charge in [0.25, 0.3) is 5.91 Å². The Hall–Kier alpha value is -3.22. The molecule has 23 heavy (non-hydrogen) atoms. The molecule has 3 rings (SSSR count). The molecule has 0 unspecified atom stereocenters. The zero-order chi connectivity index (χ0) is 16.2. The summed E-state index contributed by atoms with van der Waals surface area (Å²) in [5.41, 5.74) is 0.951. The number of hydrogen-bond donors (Lipinski definition) is 1. The van der Waals surface area contributed by atoms with Crippen molar-refractivity contribution in [2.75, 3.05) is 12.4 Å². The molecule has 6 nitrogen and oxygen atoms in total. The quantitative estimate of drug-likeness (QED) is 0.800. The lowest BCUT2D eigenvalue weighted by atomic mass is 10.2. The van der Waals surface area contributed by atoms with Crippen molar-refractivity contribution >= 4 is 11.9 Å². The first-order valence-electron chi connectivity index (χ1n) is 6.70. The van der Waals surface area contributed by atoms with Gasteiger partial charge in [-0.1, -0.05) is 11.2 Å². The number of ether oxygens (including phenoxy) is 1. The van der Waals surface area contributed by atoms with E-state index in [1.165, 1.54) is 31.4 Å². The number of methoxy groups -OCH3 is 1. The molecule has 0 aliphatic carbocycles. The van der Waals surface area contributed by atoms with Crippen molar-refractivity contribution in [1.82, 2.24) is 10.2 Å². The summed E-state index contributed by atoms with van der Waals surface area (Å²) in [4.78, 5) is 12.1. The van der Waals surface area contributed by atoms with E-state index in [1.54, 1.807) is 24.3 Å². The van der Waals surface area contributed by atoms with E-state index in [0.29, 0.717) is 16.9 Å². The van der Waals surface area contributed by atoms with Gasteiger partial charge >= 0.3 is 6.01 Å². The van der Waals surface area contributed by atoms with Crippen LogP contribution in [0, 0.1) is 5.82 Å². The van der Waals surface area contributed by atoms with E-state index in [-0.39, 0.29) is 17.7 Å². The van der Waals surface area contributed by atoms with Crippen molar-refractivity contribution in [2.45, 2.75) is 0 Å². The highest BCUT2D eigenvalue weighted by Crippen LogP contribution is 2.20. The number of carbonyl (C=O) groups is 1. The minimum Gasteiger partial charge on any atom is -0.497 e. The van der Waals surface area contributed by atoms with Crippen LogP contribution in [0.1, 0.15) is 10.4 Å². The molecule has 1 N–H and O–H groups in total. The largest absolute Gasteiger partial charge is 0.497 e. The van der Waals surface area contributed by atoms with Crippen LogP contribution in [0.15, 0.2) is 52.9 Å². The van der Waals surface area contributed by atoms with Gasteiger partial charge < -0.3 is 9.15 Å². The maximum atomic E-state index is 12.9. The molecular weight excluding hydrogens is 301 g/mol. The van der Waals surface area contributed by atoms with Crippen LogP contribution in [0.2, 0.25) is 0 Å². The molecule has 0 saturated carbocycles. The molecule has 0 aliphatic heterocycles. The maximum Gasteiger partial charge on any atom is 0.322 e. The number of benzene rings is 2. The molecule has 0 fully saturated rings. The first-order chi connectivity index (χ1) is 11.2. The van der Waals surface area contributed by atoms with Gasteiger partial charge in [0.1, 0.15) is 11.6 Å². The van der Waals surface area contributed by atoms with Gasteiger partial charge in [0, 0.05) is 11.1 Å². The van der Waals surface area contributed by atoms with Crippen LogP contribution in [0.4, 0.5) is 10.4 Å². The topological polar surface area (TPSA) is 77.2 Å². The Morgan fingerprint density at radius 3 is 2.70 bits per heavy atom. The number of anilines is 1. The third-order valence-electron chi connectivity index (χ3n) is 3.07. The van der Waals surface area contributed by atoms with Gasteiger partial charge in [0.15, 0.2) is 0 Å². The summed E-state index contributed by atoms with van der Waals surface area (Å²) in [6.07, 6.45) is 0. The molecule has 0 saturated heterocycles. The summed E-state index contributed by atoms with van der Waals surface area (Å²) in [6, 6.07) is 12.2. The number of carbonyl (C=O) groups excluding carboxylic acids is 1. The Labute approximate surface area is 130 Å². The highest BCUT2D eigenvalue weighted by molar-refractivity contribution is 6.03. The maximum absolute atomic E-state index is 12.9. The SMILES string of the molecule is COc1cccc(C(=O)Nc2nnc(-c3ccc(F)cc3)o2)c1. The van der Waals surface area contributed by atoms with E-state index in [4.69, 9.17) is 9.15 Å². The lowest BCUT2D eigenvalue weighted by Gasteiger charge is -2.03. The fourth-order valence-electron chi connectivity index (χ4n) is 1.92. The molecule has 7 heteroatoms. The first-order valence-corrected chi connectivity index (χ1v) is 6.70. The van der Waals surface area contributed by atoms with E-state index in [1.807, 2.05) is 0 Å². The first kappa shape index (κ1) is 14.7. The predicted octanol–water partition coefficient (Wildman–Crippen LogP) is 3.14. The van der Waals surface area contributed by atoms with E-state index in [2.05, 4.69) is 15.5 Å². The number of rotatable bonds is 4. The molecule has 2 aromatic carbocycles. The number of halogens is 1. The zero-order valence-corrected chi connectivity index (χ0v) is 12.1. The number of nitrogens with zero attached hydrogens (tertiary/aromatic N) is 2. The van der Waals surface area contributed by atoms with Gasteiger partial charge in [0.05, 0.1) is 7.11 Å². The Kier molecular flexibility index (Phi) is 4.01. The minimum atomic E-state index is -0.404. The molecule has 0 atom stereocenters. The van der Waals surface area contributed by atoms with Crippen LogP contribution in [-0.2, 0) is 0 Å². The second kappa shape index (κ2) is 6.27. The van der Waals surface area contributed by atoms with Crippen LogP contribution >= 0.6 is 0 Å². The molecule has 1 amide bonds. The average Bonchev–Trinajstić information content (AvgIpc) is 3.04. The molecule has 0 spiro atoms. The summed E-state index contributed by atoms with van der Waals surface area (Å²) < 4.78 is 23.3. The summed E-state index contributed by atoms with van der Waals surface area (Å²) in [6.45, 7) is 0. The van der Waals surface area contributed by atoms with Crippen LogP contribution in [-0.4, -0.2) is 23.2 Å². The molecule has 1 aromatic heterocycles. The van der Waals surface area contributed by atoms with Crippen molar-refractivity contribution in [3.63, 3.8) is 0 Å². The van der Waals surface area contributed by atoms with Crippen molar-refractivity contribution < 1.29 is 18.3 Å². The number of amides is 1. The molecule has 0 radical (unpaired) electrons. The second-order valence-corrected chi connectivity index (χ2v) is 4.61. The summed E-state index contributed by atoms with van der Waals surface area (Å²) in [5.74, 6) is -0.0147. The number of nitrogens with one attached hydrogen (secondary N) is 1.